The van der Waals surface area contributed by atoms with Crippen LogP contribution in [0.5, 0.6) is 0 Å². The lowest BCUT2D eigenvalue weighted by atomic mass is 10.1. The van der Waals surface area contributed by atoms with Crippen molar-refractivity contribution < 1.29 is 9.21 Å². The average molecular weight is 410 g/mol. The molecule has 30 heavy (non-hydrogen) atoms. The lowest BCUT2D eigenvalue weighted by Crippen LogP contribution is -2.38. The van der Waals surface area contributed by atoms with Gasteiger partial charge in [-0.3, -0.25) is 9.69 Å². The van der Waals surface area contributed by atoms with E-state index in [9.17, 15) is 4.79 Å². The molecule has 0 fully saturated rings. The van der Waals surface area contributed by atoms with E-state index in [2.05, 4.69) is 28.6 Å². The van der Waals surface area contributed by atoms with Crippen LogP contribution in [0, 0.1) is 6.92 Å². The number of imidazole rings is 1. The van der Waals surface area contributed by atoms with Gasteiger partial charge in [-0.2, -0.15) is 0 Å². The van der Waals surface area contributed by atoms with Crippen LogP contribution in [0.4, 0.5) is 0 Å². The van der Waals surface area contributed by atoms with Gasteiger partial charge >= 0.3 is 0 Å². The molecule has 1 N–H and O–H groups in total. The first kappa shape index (κ1) is 20.6. The number of pyridine rings is 1. The fourth-order valence-corrected chi connectivity index (χ4v) is 4.43. The summed E-state index contributed by atoms with van der Waals surface area (Å²) in [7, 11) is 0. The molecule has 1 aliphatic rings. The van der Waals surface area contributed by atoms with Gasteiger partial charge in [0.05, 0.1) is 17.9 Å². The van der Waals surface area contributed by atoms with Crippen molar-refractivity contribution in [1.82, 2.24) is 24.8 Å². The molecule has 7 heteroatoms. The van der Waals surface area contributed by atoms with E-state index in [1.165, 1.54) is 6.42 Å². The van der Waals surface area contributed by atoms with Gasteiger partial charge in [0.2, 0.25) is 0 Å². The lowest BCUT2D eigenvalue weighted by molar-refractivity contribution is 0.0931. The smallest absolute Gasteiger partial charge is 0.253 e. The number of hydrogen-bond donors (Lipinski definition) is 1. The van der Waals surface area contributed by atoms with Crippen molar-refractivity contribution in [2.45, 2.75) is 59.0 Å². The first-order valence-electron chi connectivity index (χ1n) is 11.0. The molecule has 3 aromatic heterocycles. The number of rotatable bonds is 7. The number of amides is 1. The largest absolute Gasteiger partial charge is 0.468 e. The topological polar surface area (TPSA) is 76.2 Å². The Morgan fingerprint density at radius 1 is 1.27 bits per heavy atom. The number of likely N-dealkylation sites (N-methyl/N-ethyl adjacent to an activating group) is 1. The van der Waals surface area contributed by atoms with E-state index >= 15 is 0 Å². The standard InChI is InChI=1S/C23H31N5O2/c1-4-27(5-2)18(19-10-9-13-30-19)15-24-23(29)17-14-16(3)25-22-21(17)26-20-11-7-6-8-12-28(20)22/h9-10,13-14,18H,4-8,11-12,15H2,1-3H3,(H,24,29). The van der Waals surface area contributed by atoms with Gasteiger partial charge < -0.3 is 14.3 Å². The Morgan fingerprint density at radius 3 is 2.83 bits per heavy atom. The summed E-state index contributed by atoms with van der Waals surface area (Å²) in [6.45, 7) is 9.34. The number of furan rings is 1. The minimum Gasteiger partial charge on any atom is -0.468 e. The molecule has 0 aromatic carbocycles. The van der Waals surface area contributed by atoms with Crippen LogP contribution >= 0.6 is 0 Å². The van der Waals surface area contributed by atoms with E-state index in [1.54, 1.807) is 6.26 Å². The molecular formula is C23H31N5O2. The van der Waals surface area contributed by atoms with Crippen molar-refractivity contribution in [3.05, 3.63) is 47.3 Å². The van der Waals surface area contributed by atoms with Crippen molar-refractivity contribution >= 4 is 17.1 Å². The van der Waals surface area contributed by atoms with Gasteiger partial charge in [0, 0.05) is 25.2 Å². The summed E-state index contributed by atoms with van der Waals surface area (Å²) < 4.78 is 7.86. The molecule has 0 bridgehead atoms. The van der Waals surface area contributed by atoms with Crippen molar-refractivity contribution in [1.29, 1.82) is 0 Å². The zero-order valence-corrected chi connectivity index (χ0v) is 18.1. The Morgan fingerprint density at radius 2 is 2.10 bits per heavy atom. The molecule has 3 aromatic rings. The van der Waals surface area contributed by atoms with Crippen LogP contribution in [0.2, 0.25) is 0 Å². The quantitative estimate of drug-likeness (QED) is 0.641. The van der Waals surface area contributed by atoms with Crippen LogP contribution in [0.3, 0.4) is 0 Å². The van der Waals surface area contributed by atoms with E-state index in [0.29, 0.717) is 17.6 Å². The Balaban J connectivity index is 1.61. The van der Waals surface area contributed by atoms with Gasteiger partial charge in [-0.25, -0.2) is 9.97 Å². The van der Waals surface area contributed by atoms with Crippen LogP contribution in [0.15, 0.2) is 28.9 Å². The molecule has 1 amide bonds. The maximum Gasteiger partial charge on any atom is 0.253 e. The van der Waals surface area contributed by atoms with Crippen LogP contribution in [0.25, 0.3) is 11.2 Å². The third kappa shape index (κ3) is 3.99. The second-order valence-electron chi connectivity index (χ2n) is 7.94. The van der Waals surface area contributed by atoms with Crippen LogP contribution in [0.1, 0.15) is 66.8 Å². The predicted octanol–water partition coefficient (Wildman–Crippen LogP) is 3.87. The summed E-state index contributed by atoms with van der Waals surface area (Å²) in [6.07, 6.45) is 6.10. The molecule has 1 aliphatic heterocycles. The number of fused-ring (bicyclic) bond motifs is 3. The predicted molar refractivity (Wildman–Crippen MR) is 117 cm³/mol. The number of carbonyl (C=O) groups is 1. The highest BCUT2D eigenvalue weighted by Gasteiger charge is 2.24. The minimum atomic E-state index is -0.109. The zero-order valence-electron chi connectivity index (χ0n) is 18.1. The summed E-state index contributed by atoms with van der Waals surface area (Å²) in [5, 5.41) is 3.13. The highest BCUT2D eigenvalue weighted by molar-refractivity contribution is 6.04. The third-order valence-corrected chi connectivity index (χ3v) is 6.02. The normalized spacial score (nSPS) is 15.2. The molecule has 0 spiro atoms. The molecule has 1 unspecified atom stereocenters. The van der Waals surface area contributed by atoms with Crippen molar-refractivity contribution in [3.8, 4) is 0 Å². The summed E-state index contributed by atoms with van der Waals surface area (Å²) in [4.78, 5) is 25.1. The zero-order chi connectivity index (χ0) is 21.1. The fourth-order valence-electron chi connectivity index (χ4n) is 4.43. The van der Waals surface area contributed by atoms with Crippen LogP contribution in [-0.4, -0.2) is 45.0 Å². The Bertz CT molecular complexity index is 1000. The van der Waals surface area contributed by atoms with Crippen LogP contribution in [-0.2, 0) is 13.0 Å². The second kappa shape index (κ2) is 9.00. The highest BCUT2D eigenvalue weighted by atomic mass is 16.3. The van der Waals surface area contributed by atoms with Crippen LogP contribution < -0.4 is 5.32 Å². The summed E-state index contributed by atoms with van der Waals surface area (Å²) in [6, 6.07) is 5.71. The number of hydrogen-bond acceptors (Lipinski definition) is 5. The second-order valence-corrected chi connectivity index (χ2v) is 7.94. The van der Waals surface area contributed by atoms with E-state index in [1.807, 2.05) is 25.1 Å². The Labute approximate surface area is 177 Å². The summed E-state index contributed by atoms with van der Waals surface area (Å²) in [5.41, 5.74) is 3.00. The number of aryl methyl sites for hydroxylation is 3. The summed E-state index contributed by atoms with van der Waals surface area (Å²) in [5.74, 6) is 1.80. The SMILES string of the molecule is CCN(CC)C(CNC(=O)c1cc(C)nc2c1nc1n2CCCCC1)c1ccco1. The Hall–Kier alpha value is -2.67. The molecule has 7 nitrogen and oxygen atoms in total. The molecule has 4 heterocycles. The Kier molecular flexibility index (Phi) is 6.18. The van der Waals surface area contributed by atoms with E-state index in [0.717, 1.165) is 61.8 Å². The average Bonchev–Trinajstić information content (AvgIpc) is 3.33. The van der Waals surface area contributed by atoms with E-state index < -0.39 is 0 Å². The molecule has 0 radical (unpaired) electrons. The molecule has 4 rings (SSSR count). The molecule has 1 atom stereocenters. The first-order valence-corrected chi connectivity index (χ1v) is 11.0. The minimum absolute atomic E-state index is 0.00362. The number of aromatic nitrogens is 3. The number of carbonyl (C=O) groups excluding carboxylic acids is 1. The van der Waals surface area contributed by atoms with E-state index in [4.69, 9.17) is 14.4 Å². The monoisotopic (exact) mass is 409 g/mol. The highest BCUT2D eigenvalue weighted by Crippen LogP contribution is 2.25. The van der Waals surface area contributed by atoms with Crippen molar-refractivity contribution in [2.75, 3.05) is 19.6 Å². The maximum atomic E-state index is 13.2. The third-order valence-electron chi connectivity index (χ3n) is 6.02. The number of nitrogens with one attached hydrogen (secondary N) is 1. The summed E-state index contributed by atoms with van der Waals surface area (Å²) >= 11 is 0. The van der Waals surface area contributed by atoms with E-state index in [-0.39, 0.29) is 11.9 Å². The molecule has 0 aliphatic carbocycles. The lowest BCUT2D eigenvalue weighted by Gasteiger charge is -2.28. The maximum absolute atomic E-state index is 13.2. The van der Waals surface area contributed by atoms with Gasteiger partial charge in [0.1, 0.15) is 17.1 Å². The van der Waals surface area contributed by atoms with Gasteiger partial charge in [-0.05, 0) is 51.1 Å². The van der Waals surface area contributed by atoms with Crippen molar-refractivity contribution in [3.63, 3.8) is 0 Å². The molecule has 160 valence electrons. The van der Waals surface area contributed by atoms with Gasteiger partial charge in [0.15, 0.2) is 5.65 Å². The molecule has 0 saturated heterocycles. The fraction of sp³-hybridized carbons (Fsp3) is 0.522. The van der Waals surface area contributed by atoms with Gasteiger partial charge in [0.25, 0.3) is 5.91 Å². The molecule has 0 saturated carbocycles. The van der Waals surface area contributed by atoms with Gasteiger partial charge in [-0.15, -0.1) is 0 Å². The molecular weight excluding hydrogens is 378 g/mol. The first-order chi connectivity index (χ1) is 14.6. The number of nitrogens with zero attached hydrogens (tertiary/aromatic N) is 4. The van der Waals surface area contributed by atoms with Crippen molar-refractivity contribution in [2.24, 2.45) is 0 Å². The van der Waals surface area contributed by atoms with Gasteiger partial charge in [-0.1, -0.05) is 20.3 Å².